The summed E-state index contributed by atoms with van der Waals surface area (Å²) in [5, 5.41) is 59.0. The molecule has 0 atom stereocenters. The summed E-state index contributed by atoms with van der Waals surface area (Å²) in [6, 6.07) is 0. The Morgan fingerprint density at radius 2 is 0.353 bits per heavy atom. The number of rotatable bonds is 0. The van der Waals surface area contributed by atoms with Crippen LogP contribution >= 0.6 is 0 Å². The zero-order valence-corrected chi connectivity index (χ0v) is 24.2. The molecule has 0 saturated heterocycles. The fourth-order valence-corrected chi connectivity index (χ4v) is 0. The summed E-state index contributed by atoms with van der Waals surface area (Å²) < 4.78 is 104. The Hall–Kier alpha value is -0.809. The quantitative estimate of drug-likeness (QED) is 0.124. The minimum absolute atomic E-state index is 0. The van der Waals surface area contributed by atoms with E-state index in [-0.39, 0.29) is 56.0 Å². The van der Waals surface area contributed by atoms with Crippen LogP contribution in [0.25, 0.3) is 0 Å². The third kappa shape index (κ3) is 43500. The molecule has 0 rings (SSSR count). The van der Waals surface area contributed by atoms with E-state index in [1.54, 1.807) is 0 Å². The molecule has 0 unspecified atom stereocenters. The van der Waals surface area contributed by atoms with Crippen molar-refractivity contribution >= 4 is 0 Å². The normalized spacial score (nSPS) is 7.94. The molecular weight excluding hydrogens is 989 g/mol. The van der Waals surface area contributed by atoms with Crippen LogP contribution in [0.3, 0.4) is 0 Å². The molecule has 0 aliphatic heterocycles. The van der Waals surface area contributed by atoms with E-state index in [2.05, 4.69) is 0 Å². The maximum atomic E-state index is 8.63. The first-order valence-corrected chi connectivity index (χ1v) is 14.0. The van der Waals surface area contributed by atoms with Gasteiger partial charge in [0.1, 0.15) is 0 Å². The van der Waals surface area contributed by atoms with Crippen LogP contribution in [0.1, 0.15) is 0 Å². The summed E-state index contributed by atoms with van der Waals surface area (Å²) in [5.41, 5.74) is 0. The van der Waals surface area contributed by atoms with E-state index in [1.165, 1.54) is 0 Å². The Balaban J connectivity index is -0.0000000244. The molecule has 0 amide bonds. The second-order valence-corrected chi connectivity index (χ2v) is 8.14. The minimum Gasteiger partial charge on any atom is 3.00 e. The predicted molar refractivity (Wildman–Crippen MR) is 45.6 cm³/mol. The van der Waals surface area contributed by atoms with Crippen molar-refractivity contribution in [3.05, 3.63) is 61.3 Å². The molecule has 0 spiro atoms. The van der Waals surface area contributed by atoms with Gasteiger partial charge in [0.2, 0.25) is 0 Å². The van der Waals surface area contributed by atoms with E-state index >= 15 is 0 Å². The van der Waals surface area contributed by atoms with Crippen molar-refractivity contribution in [2.45, 2.75) is 0 Å². The minimum atomic E-state index is -6.02. The number of nitrogens with zero attached hydrogens (tertiary/aromatic N) is 4. The first kappa shape index (κ1) is 64.0. The van der Waals surface area contributed by atoms with E-state index in [4.69, 9.17) is 104 Å². The average Bonchev–Trinajstić information content (AvgIpc) is 2.14. The number of hydrogen-bond donors (Lipinski definition) is 0. The fourth-order valence-electron chi connectivity index (χ4n) is 0. The molecule has 0 saturated carbocycles. The largest absolute Gasteiger partial charge is 3.00 e. The van der Waals surface area contributed by atoms with Crippen LogP contribution in [-0.4, -0.2) is 20.3 Å². The number of hydrogen-bond acceptors (Lipinski definition) is 24. The summed E-state index contributed by atoms with van der Waals surface area (Å²) in [6.07, 6.45) is 0. The van der Waals surface area contributed by atoms with Crippen LogP contribution in [0.2, 0.25) is 0 Å². The van der Waals surface area contributed by atoms with Gasteiger partial charge in [0.05, 0.1) is 20.3 Å². The van der Waals surface area contributed by atoms with Gasteiger partial charge in [-0.05, 0) is 0 Å². The van der Waals surface area contributed by atoms with Gasteiger partial charge in [-0.2, -0.15) is 0 Å². The van der Waals surface area contributed by atoms with E-state index < -0.39 is 70.6 Å². The van der Waals surface area contributed by atoms with Crippen molar-refractivity contribution in [2.24, 2.45) is 0 Å². The predicted octanol–water partition coefficient (Wildman–Crippen LogP) is -8.82. The maximum absolute atomic E-state index is 8.63. The third-order valence-electron chi connectivity index (χ3n) is 0. The molecule has 34 heavy (non-hydrogen) atoms. The molecule has 28 nitrogen and oxygen atoms in total. The van der Waals surface area contributed by atoms with Crippen LogP contribution in [0.4, 0.5) is 0 Å². The second kappa shape index (κ2) is 36.8. The molecule has 0 N–H and O–H groups in total. The summed E-state index contributed by atoms with van der Waals surface area (Å²) in [7, 11) is 0. The monoisotopic (exact) mass is 995 g/mol. The van der Waals surface area contributed by atoms with E-state index in [9.17, 15) is 0 Å². The van der Waals surface area contributed by atoms with Gasteiger partial charge in [-0.1, -0.05) is 0 Å². The topological polar surface area (TPSA) is 506 Å². The molecule has 0 bridgehead atoms. The van der Waals surface area contributed by atoms with E-state index in [0.717, 1.165) is 0 Å². The Morgan fingerprint density at radius 3 is 0.353 bits per heavy atom. The van der Waals surface area contributed by atoms with Gasteiger partial charge in [-0.3, -0.25) is 0 Å². The van der Waals surface area contributed by atoms with Crippen molar-refractivity contribution in [1.29, 1.82) is 0 Å². The second-order valence-electron chi connectivity index (χ2n) is 2.12. The van der Waals surface area contributed by atoms with Gasteiger partial charge >= 0.3 is 132 Å². The van der Waals surface area contributed by atoms with Crippen molar-refractivity contribution < 1.29 is 170 Å². The maximum Gasteiger partial charge on any atom is 3.00 e. The molecule has 34 heteroatoms. The molecule has 0 heterocycles. The van der Waals surface area contributed by atoms with Crippen LogP contribution in [0.15, 0.2) is 0 Å². The standard InChI is InChI=1S/Fe.3Mo.4NO3.12O.2Rh/c;;;;4*2-1(3)4;;;;;;;;;;;;;;/q;;;;4*-1;;;;;;;6*-1;2*+3. The molecule has 0 aromatic carbocycles. The molecule has 0 radical (unpaired) electrons. The molecule has 212 valence electrons. The van der Waals surface area contributed by atoms with Gasteiger partial charge in [-0.15, -0.1) is 0 Å². The first-order chi connectivity index (χ1) is 12.9. The van der Waals surface area contributed by atoms with Gasteiger partial charge < -0.3 is 61.3 Å². The third-order valence-corrected chi connectivity index (χ3v) is 0. The van der Waals surface area contributed by atoms with Gasteiger partial charge in [0.25, 0.3) is 0 Å². The molecule has 0 aromatic heterocycles. The van der Waals surface area contributed by atoms with Crippen LogP contribution in [-0.2, 0) is 127 Å². The molecule has 0 fully saturated rings. The molecule has 0 aromatic rings. The van der Waals surface area contributed by atoms with Crippen molar-refractivity contribution in [1.82, 2.24) is 0 Å². The van der Waals surface area contributed by atoms with Crippen molar-refractivity contribution in [3.8, 4) is 0 Å². The van der Waals surface area contributed by atoms with Gasteiger partial charge in [-0.25, -0.2) is 0 Å². The summed E-state index contributed by atoms with van der Waals surface area (Å²) in [4.78, 5) is 33.0. The Bertz CT molecular complexity index is 638. The molecular formula is FeMo3N4O24Rh2-4. The average molecular weight is 989 g/mol. The Labute approximate surface area is 229 Å². The molecule has 0 aliphatic rings. The van der Waals surface area contributed by atoms with Crippen LogP contribution < -0.4 is 22.6 Å². The summed E-state index contributed by atoms with van der Waals surface area (Å²) in [6.45, 7) is 0. The SMILES string of the molecule is O=[N+]([O-])[O-].O=[N+]([O-])[O-].O=[N+]([O-])[O-].O=[N+]([O-])[O-].[Fe].[O]=[Mo](=[O])([O-])[O-].[O]=[Mo](=[O])([O-])[O-].[O]=[Mo](=[O])([O-])[O-].[Rh+3].[Rh+3]. The smallest absolute Gasteiger partial charge is 3.00 e. The van der Waals surface area contributed by atoms with Gasteiger partial charge in [0, 0.05) is 17.1 Å². The first-order valence-electron chi connectivity index (χ1n) is 4.19. The van der Waals surface area contributed by atoms with Gasteiger partial charge in [0.15, 0.2) is 0 Å². The van der Waals surface area contributed by atoms with E-state index in [0.29, 0.717) is 0 Å². The summed E-state index contributed by atoms with van der Waals surface area (Å²) >= 11 is -18.1. The Kier molecular flexibility index (Phi) is 69.1. The van der Waals surface area contributed by atoms with Crippen LogP contribution in [0, 0.1) is 61.3 Å². The summed E-state index contributed by atoms with van der Waals surface area (Å²) in [5.74, 6) is 0. The van der Waals surface area contributed by atoms with E-state index in [1.807, 2.05) is 0 Å². The molecule has 0 aliphatic carbocycles. The van der Waals surface area contributed by atoms with Crippen molar-refractivity contribution in [2.75, 3.05) is 0 Å². The van der Waals surface area contributed by atoms with Crippen molar-refractivity contribution in [3.63, 3.8) is 0 Å². The zero-order chi connectivity index (χ0) is 27.8. The van der Waals surface area contributed by atoms with Crippen LogP contribution in [0.5, 0.6) is 0 Å². The zero-order valence-electron chi connectivity index (χ0n) is 13.8. The fraction of sp³-hybridized carbons (Fsp3) is 0. The Morgan fingerprint density at radius 1 is 0.353 bits per heavy atom.